The molecule has 1 aliphatic rings. The van der Waals surface area contributed by atoms with E-state index in [1.165, 1.54) is 56.1 Å². The van der Waals surface area contributed by atoms with Gasteiger partial charge in [0.25, 0.3) is 0 Å². The lowest BCUT2D eigenvalue weighted by molar-refractivity contribution is 0.0601. The molecule has 0 spiro atoms. The van der Waals surface area contributed by atoms with E-state index in [-0.39, 0.29) is 5.97 Å². The Labute approximate surface area is 192 Å². The number of ether oxygens (including phenoxy) is 1. The number of methoxy groups -OCH3 is 1. The van der Waals surface area contributed by atoms with Gasteiger partial charge < -0.3 is 15.0 Å². The van der Waals surface area contributed by atoms with Crippen LogP contribution in [-0.4, -0.2) is 36.2 Å². The van der Waals surface area contributed by atoms with Crippen molar-refractivity contribution >= 4 is 39.6 Å². The summed E-state index contributed by atoms with van der Waals surface area (Å²) >= 11 is 7.52. The SMILES string of the molecule is CCCCCCN(CCCCCC)C(=S)Nc1sc2c(c1C(=O)OC)CCC(C)C2. The first-order chi connectivity index (χ1) is 14.5. The molecule has 1 N–H and O–H groups in total. The lowest BCUT2D eigenvalue weighted by Gasteiger charge is -2.26. The molecule has 1 heterocycles. The maximum Gasteiger partial charge on any atom is 0.341 e. The van der Waals surface area contributed by atoms with E-state index < -0.39 is 0 Å². The predicted octanol–water partition coefficient (Wildman–Crippen LogP) is 6.82. The minimum atomic E-state index is -0.246. The highest BCUT2D eigenvalue weighted by molar-refractivity contribution is 7.80. The molecule has 0 radical (unpaired) electrons. The van der Waals surface area contributed by atoms with Crippen molar-refractivity contribution in [2.45, 2.75) is 91.4 Å². The standard InChI is InChI=1S/C24H40N2O2S2/c1-5-7-9-11-15-26(16-12-10-8-6-2)24(29)25-22-21(23(27)28-4)19-14-13-18(3)17-20(19)30-22/h18H,5-17H2,1-4H3,(H,25,29). The number of anilines is 1. The number of thiophene rings is 1. The van der Waals surface area contributed by atoms with Gasteiger partial charge in [0.15, 0.2) is 5.11 Å². The van der Waals surface area contributed by atoms with Gasteiger partial charge in [-0.15, -0.1) is 11.3 Å². The van der Waals surface area contributed by atoms with Crippen LogP contribution in [0.1, 0.15) is 99.4 Å². The first-order valence-corrected chi connectivity index (χ1v) is 13.0. The summed E-state index contributed by atoms with van der Waals surface area (Å²) in [5.74, 6) is 0.417. The van der Waals surface area contributed by atoms with Crippen LogP contribution in [-0.2, 0) is 17.6 Å². The van der Waals surface area contributed by atoms with E-state index in [0.29, 0.717) is 11.5 Å². The van der Waals surface area contributed by atoms with Gasteiger partial charge in [-0.1, -0.05) is 59.3 Å². The molecule has 1 aromatic heterocycles. The molecule has 6 heteroatoms. The number of carbonyl (C=O) groups excluding carboxylic acids is 1. The van der Waals surface area contributed by atoms with Crippen molar-refractivity contribution in [2.75, 3.05) is 25.5 Å². The Balaban J connectivity index is 2.12. The fourth-order valence-corrected chi connectivity index (χ4v) is 5.85. The summed E-state index contributed by atoms with van der Waals surface area (Å²) in [6.45, 7) is 8.72. The zero-order valence-corrected chi connectivity index (χ0v) is 21.0. The van der Waals surface area contributed by atoms with Gasteiger partial charge >= 0.3 is 5.97 Å². The number of esters is 1. The summed E-state index contributed by atoms with van der Waals surface area (Å²) in [6.07, 6.45) is 12.9. The monoisotopic (exact) mass is 452 g/mol. The smallest absolute Gasteiger partial charge is 0.341 e. The number of rotatable bonds is 12. The number of unbranched alkanes of at least 4 members (excludes halogenated alkanes) is 6. The third-order valence-corrected chi connectivity index (χ3v) is 7.50. The van der Waals surface area contributed by atoms with Gasteiger partial charge in [-0.3, -0.25) is 0 Å². The zero-order valence-electron chi connectivity index (χ0n) is 19.3. The number of nitrogens with one attached hydrogen (secondary N) is 1. The van der Waals surface area contributed by atoms with Crippen molar-refractivity contribution in [2.24, 2.45) is 5.92 Å². The first-order valence-electron chi connectivity index (χ1n) is 11.8. The van der Waals surface area contributed by atoms with Crippen LogP contribution >= 0.6 is 23.6 Å². The normalized spacial score (nSPS) is 15.5. The van der Waals surface area contributed by atoms with Gasteiger partial charge in [-0.05, 0) is 55.8 Å². The van der Waals surface area contributed by atoms with E-state index in [1.807, 2.05) is 0 Å². The van der Waals surface area contributed by atoms with Crippen LogP contribution in [0.2, 0.25) is 0 Å². The molecule has 1 unspecified atom stereocenters. The third-order valence-electron chi connectivity index (χ3n) is 5.97. The highest BCUT2D eigenvalue weighted by Crippen LogP contribution is 2.40. The minimum Gasteiger partial charge on any atom is -0.465 e. The Morgan fingerprint density at radius 3 is 2.33 bits per heavy atom. The van der Waals surface area contributed by atoms with Crippen LogP contribution in [0.15, 0.2) is 0 Å². The number of nitrogens with zero attached hydrogens (tertiary/aromatic N) is 1. The van der Waals surface area contributed by atoms with Crippen LogP contribution in [0.4, 0.5) is 5.00 Å². The molecule has 4 nitrogen and oxygen atoms in total. The highest BCUT2D eigenvalue weighted by atomic mass is 32.1. The van der Waals surface area contributed by atoms with Crippen molar-refractivity contribution < 1.29 is 9.53 Å². The van der Waals surface area contributed by atoms with Gasteiger partial charge in [0.2, 0.25) is 0 Å². The minimum absolute atomic E-state index is 0.246. The summed E-state index contributed by atoms with van der Waals surface area (Å²) in [5.41, 5.74) is 1.89. The molecule has 170 valence electrons. The molecule has 1 aromatic rings. The quantitative estimate of drug-likeness (QED) is 0.214. The second-order valence-electron chi connectivity index (χ2n) is 8.59. The average Bonchev–Trinajstić information content (AvgIpc) is 3.08. The maximum atomic E-state index is 12.6. The molecule has 0 aromatic carbocycles. The van der Waals surface area contributed by atoms with Crippen molar-refractivity contribution in [3.8, 4) is 0 Å². The van der Waals surface area contributed by atoms with Gasteiger partial charge in [0.05, 0.1) is 12.7 Å². The van der Waals surface area contributed by atoms with Crippen molar-refractivity contribution in [1.29, 1.82) is 0 Å². The summed E-state index contributed by atoms with van der Waals surface area (Å²) in [7, 11) is 1.47. The molecule has 0 saturated heterocycles. The van der Waals surface area contributed by atoms with E-state index in [9.17, 15) is 4.79 Å². The van der Waals surface area contributed by atoms with E-state index in [2.05, 4.69) is 31.0 Å². The third kappa shape index (κ3) is 7.23. The molecule has 0 saturated carbocycles. The van der Waals surface area contributed by atoms with E-state index in [0.717, 1.165) is 55.3 Å². The Bertz CT molecular complexity index is 675. The lowest BCUT2D eigenvalue weighted by Crippen LogP contribution is -2.36. The fraction of sp³-hybridized carbons (Fsp3) is 0.750. The van der Waals surface area contributed by atoms with Crippen LogP contribution in [0.25, 0.3) is 0 Å². The first kappa shape index (κ1) is 25.1. The highest BCUT2D eigenvalue weighted by Gasteiger charge is 2.29. The van der Waals surface area contributed by atoms with Gasteiger partial charge in [0, 0.05) is 18.0 Å². The zero-order chi connectivity index (χ0) is 21.9. The number of fused-ring (bicyclic) bond motifs is 1. The van der Waals surface area contributed by atoms with Crippen molar-refractivity contribution in [1.82, 2.24) is 4.90 Å². The molecule has 0 bridgehead atoms. The molecule has 0 amide bonds. The molecule has 2 rings (SSSR count). The summed E-state index contributed by atoms with van der Waals surface area (Å²) in [5, 5.41) is 5.08. The van der Waals surface area contributed by atoms with Crippen LogP contribution in [0.3, 0.4) is 0 Å². The molecule has 1 aliphatic carbocycles. The fourth-order valence-electron chi connectivity index (χ4n) is 4.11. The van der Waals surface area contributed by atoms with Crippen molar-refractivity contribution in [3.05, 3.63) is 16.0 Å². The number of thiocarbonyl (C=S) groups is 1. The van der Waals surface area contributed by atoms with E-state index in [4.69, 9.17) is 17.0 Å². The van der Waals surface area contributed by atoms with E-state index in [1.54, 1.807) is 11.3 Å². The Morgan fingerprint density at radius 2 is 1.77 bits per heavy atom. The van der Waals surface area contributed by atoms with Crippen LogP contribution in [0, 0.1) is 5.92 Å². The maximum absolute atomic E-state index is 12.6. The van der Waals surface area contributed by atoms with Gasteiger partial charge in [-0.25, -0.2) is 4.79 Å². The number of hydrogen-bond acceptors (Lipinski definition) is 4. The van der Waals surface area contributed by atoms with Crippen LogP contribution < -0.4 is 5.32 Å². The lowest BCUT2D eigenvalue weighted by atomic mass is 9.88. The number of carbonyl (C=O) groups is 1. The predicted molar refractivity (Wildman–Crippen MR) is 133 cm³/mol. The van der Waals surface area contributed by atoms with Crippen LogP contribution in [0.5, 0.6) is 0 Å². The Hall–Kier alpha value is -1.14. The topological polar surface area (TPSA) is 41.6 Å². The summed E-state index contributed by atoms with van der Waals surface area (Å²) in [4.78, 5) is 16.2. The molecule has 1 atom stereocenters. The molecular formula is C24H40N2O2S2. The van der Waals surface area contributed by atoms with Crippen molar-refractivity contribution in [3.63, 3.8) is 0 Å². The molecular weight excluding hydrogens is 412 g/mol. The summed E-state index contributed by atoms with van der Waals surface area (Å²) in [6, 6.07) is 0. The van der Waals surface area contributed by atoms with Gasteiger partial charge in [-0.2, -0.15) is 0 Å². The molecule has 30 heavy (non-hydrogen) atoms. The molecule has 0 aliphatic heterocycles. The van der Waals surface area contributed by atoms with E-state index >= 15 is 0 Å². The second-order valence-corrected chi connectivity index (χ2v) is 10.1. The average molecular weight is 453 g/mol. The van der Waals surface area contributed by atoms with Gasteiger partial charge in [0.1, 0.15) is 5.00 Å². The largest absolute Gasteiger partial charge is 0.465 e. The Morgan fingerprint density at radius 1 is 1.13 bits per heavy atom. The second kappa shape index (κ2) is 13.3. The number of hydrogen-bond donors (Lipinski definition) is 1. The summed E-state index contributed by atoms with van der Waals surface area (Å²) < 4.78 is 5.12. The molecule has 0 fully saturated rings. The Kier molecular flexibility index (Phi) is 11.1.